The maximum Gasteiger partial charge on any atom is 0.224 e. The van der Waals surface area contributed by atoms with E-state index in [1.165, 1.54) is 0 Å². The van der Waals surface area contributed by atoms with Crippen LogP contribution < -0.4 is 11.1 Å². The zero-order valence-electron chi connectivity index (χ0n) is 12.7. The molecule has 0 fully saturated rings. The number of carbonyl (C=O) groups is 1. The number of hydrogen-bond donors (Lipinski definition) is 2. The third-order valence-electron chi connectivity index (χ3n) is 3.07. The molecule has 0 saturated heterocycles. The molecule has 0 bridgehead atoms. The molecular weight excluding hydrogens is 268 g/mol. The van der Waals surface area contributed by atoms with Crippen molar-refractivity contribution in [3.05, 3.63) is 24.3 Å². The summed E-state index contributed by atoms with van der Waals surface area (Å²) in [6, 6.07) is 7.94. The quantitative estimate of drug-likeness (QED) is 0.718. The van der Waals surface area contributed by atoms with Crippen LogP contribution in [0.4, 0.5) is 5.69 Å². The molecule has 1 atom stereocenters. The number of rotatable bonds is 8. The number of benzene rings is 1. The molecular formula is C16H26N2OS. The van der Waals surface area contributed by atoms with E-state index in [-0.39, 0.29) is 11.8 Å². The van der Waals surface area contributed by atoms with Crippen LogP contribution >= 0.6 is 11.8 Å². The lowest BCUT2D eigenvalue weighted by atomic mass is 9.94. The summed E-state index contributed by atoms with van der Waals surface area (Å²) in [5.74, 6) is 1.89. The van der Waals surface area contributed by atoms with Gasteiger partial charge in [-0.05, 0) is 42.7 Å². The first-order chi connectivity index (χ1) is 9.56. The maximum absolute atomic E-state index is 12.1. The number of amides is 1. The Morgan fingerprint density at radius 2 is 2.05 bits per heavy atom. The average Bonchev–Trinajstić information content (AvgIpc) is 2.40. The second-order valence-corrected chi connectivity index (χ2v) is 6.72. The second-order valence-electron chi connectivity index (χ2n) is 5.41. The third-order valence-corrected chi connectivity index (χ3v) is 4.03. The highest BCUT2D eigenvalue weighted by atomic mass is 32.2. The van der Waals surface area contributed by atoms with Crippen LogP contribution in [0.25, 0.3) is 0 Å². The predicted octanol–water partition coefficient (Wildman–Crippen LogP) is 3.75. The van der Waals surface area contributed by atoms with E-state index in [2.05, 4.69) is 26.1 Å². The lowest BCUT2D eigenvalue weighted by Gasteiger charge is -2.17. The molecule has 1 rings (SSSR count). The summed E-state index contributed by atoms with van der Waals surface area (Å²) < 4.78 is 0. The number of anilines is 1. The molecule has 1 aromatic carbocycles. The number of thioether (sulfide) groups is 1. The van der Waals surface area contributed by atoms with Crippen LogP contribution in [0.15, 0.2) is 29.2 Å². The number of para-hydroxylation sites is 1. The molecule has 20 heavy (non-hydrogen) atoms. The van der Waals surface area contributed by atoms with Crippen molar-refractivity contribution in [2.24, 2.45) is 17.6 Å². The molecule has 0 aliphatic heterocycles. The molecule has 4 heteroatoms. The van der Waals surface area contributed by atoms with Gasteiger partial charge in [-0.25, -0.2) is 0 Å². The Bertz CT molecular complexity index is 421. The Morgan fingerprint density at radius 3 is 2.65 bits per heavy atom. The van der Waals surface area contributed by atoms with E-state index in [4.69, 9.17) is 5.73 Å². The normalized spacial score (nSPS) is 12.4. The highest BCUT2D eigenvalue weighted by Gasteiger charge is 2.15. The van der Waals surface area contributed by atoms with Crippen molar-refractivity contribution in [2.75, 3.05) is 17.6 Å². The molecule has 1 unspecified atom stereocenters. The van der Waals surface area contributed by atoms with Gasteiger partial charge in [0.15, 0.2) is 0 Å². The Balaban J connectivity index is 2.61. The van der Waals surface area contributed by atoms with Gasteiger partial charge in [-0.15, -0.1) is 11.8 Å². The minimum atomic E-state index is 0.0604. The van der Waals surface area contributed by atoms with E-state index in [1.807, 2.05) is 24.3 Å². The molecule has 3 N–H and O–H groups in total. The van der Waals surface area contributed by atoms with Gasteiger partial charge < -0.3 is 11.1 Å². The van der Waals surface area contributed by atoms with Gasteiger partial charge in [-0.2, -0.15) is 0 Å². The highest BCUT2D eigenvalue weighted by molar-refractivity contribution is 7.99. The topological polar surface area (TPSA) is 55.1 Å². The summed E-state index contributed by atoms with van der Waals surface area (Å²) in [6.45, 7) is 6.99. The summed E-state index contributed by atoms with van der Waals surface area (Å²) in [5.41, 5.74) is 6.66. The van der Waals surface area contributed by atoms with Crippen molar-refractivity contribution >= 4 is 23.4 Å². The summed E-state index contributed by atoms with van der Waals surface area (Å²) in [5, 5.41) is 3.02. The molecule has 0 aliphatic rings. The fraction of sp³-hybridized carbons (Fsp3) is 0.562. The van der Waals surface area contributed by atoms with E-state index in [0.717, 1.165) is 22.8 Å². The Labute approximate surface area is 126 Å². The van der Waals surface area contributed by atoms with E-state index < -0.39 is 0 Å². The van der Waals surface area contributed by atoms with Gasteiger partial charge in [0.25, 0.3) is 0 Å². The van der Waals surface area contributed by atoms with Gasteiger partial charge in [0.2, 0.25) is 5.91 Å². The SMILES string of the molecule is CCSc1ccccc1NC(=O)CC(CN)CC(C)C. The second kappa shape index (κ2) is 9.03. The molecule has 1 aromatic rings. The van der Waals surface area contributed by atoms with Gasteiger partial charge in [-0.3, -0.25) is 4.79 Å². The molecule has 1 amide bonds. The van der Waals surface area contributed by atoms with Crippen molar-refractivity contribution in [2.45, 2.75) is 38.5 Å². The first kappa shape index (κ1) is 17.1. The van der Waals surface area contributed by atoms with Crippen LogP contribution in [0.5, 0.6) is 0 Å². The third kappa shape index (κ3) is 5.97. The van der Waals surface area contributed by atoms with Crippen molar-refractivity contribution in [3.63, 3.8) is 0 Å². The predicted molar refractivity (Wildman–Crippen MR) is 88.1 cm³/mol. The molecule has 0 radical (unpaired) electrons. The van der Waals surface area contributed by atoms with Gasteiger partial charge in [0.1, 0.15) is 0 Å². The van der Waals surface area contributed by atoms with Gasteiger partial charge in [-0.1, -0.05) is 32.9 Å². The number of carbonyl (C=O) groups excluding carboxylic acids is 1. The van der Waals surface area contributed by atoms with Crippen molar-refractivity contribution < 1.29 is 4.79 Å². The minimum Gasteiger partial charge on any atom is -0.330 e. The van der Waals surface area contributed by atoms with Gasteiger partial charge in [0, 0.05) is 11.3 Å². The minimum absolute atomic E-state index is 0.0604. The standard InChI is InChI=1S/C16H26N2OS/c1-4-20-15-8-6-5-7-14(15)18-16(19)10-13(11-17)9-12(2)3/h5-8,12-13H,4,9-11,17H2,1-3H3,(H,18,19). The highest BCUT2D eigenvalue weighted by Crippen LogP contribution is 2.27. The Kier molecular flexibility index (Phi) is 7.70. The van der Waals surface area contributed by atoms with E-state index in [0.29, 0.717) is 18.9 Å². The molecule has 3 nitrogen and oxygen atoms in total. The zero-order valence-corrected chi connectivity index (χ0v) is 13.5. The number of hydrogen-bond acceptors (Lipinski definition) is 3. The van der Waals surface area contributed by atoms with Crippen molar-refractivity contribution in [1.29, 1.82) is 0 Å². The van der Waals surface area contributed by atoms with E-state index in [9.17, 15) is 4.79 Å². The van der Waals surface area contributed by atoms with Crippen LogP contribution in [-0.4, -0.2) is 18.2 Å². The fourth-order valence-corrected chi connectivity index (χ4v) is 3.00. The first-order valence-corrected chi connectivity index (χ1v) is 8.27. The smallest absolute Gasteiger partial charge is 0.224 e. The molecule has 0 heterocycles. The molecule has 112 valence electrons. The first-order valence-electron chi connectivity index (χ1n) is 7.28. The number of nitrogens with two attached hydrogens (primary N) is 1. The average molecular weight is 294 g/mol. The molecule has 0 aromatic heterocycles. The maximum atomic E-state index is 12.1. The van der Waals surface area contributed by atoms with Gasteiger partial charge in [0.05, 0.1) is 5.69 Å². The van der Waals surface area contributed by atoms with E-state index in [1.54, 1.807) is 11.8 Å². The lowest BCUT2D eigenvalue weighted by molar-refractivity contribution is -0.117. The zero-order chi connectivity index (χ0) is 15.0. The van der Waals surface area contributed by atoms with Crippen LogP contribution in [0.1, 0.15) is 33.6 Å². The Hall–Kier alpha value is -1.00. The van der Waals surface area contributed by atoms with Crippen LogP contribution in [-0.2, 0) is 4.79 Å². The Morgan fingerprint density at radius 1 is 1.35 bits per heavy atom. The summed E-state index contributed by atoms with van der Waals surface area (Å²) >= 11 is 1.74. The summed E-state index contributed by atoms with van der Waals surface area (Å²) in [6.07, 6.45) is 1.50. The molecule has 0 aliphatic carbocycles. The monoisotopic (exact) mass is 294 g/mol. The number of nitrogens with one attached hydrogen (secondary N) is 1. The van der Waals surface area contributed by atoms with Crippen LogP contribution in [0.3, 0.4) is 0 Å². The molecule has 0 spiro atoms. The largest absolute Gasteiger partial charge is 0.330 e. The summed E-state index contributed by atoms with van der Waals surface area (Å²) in [7, 11) is 0. The van der Waals surface area contributed by atoms with Crippen LogP contribution in [0, 0.1) is 11.8 Å². The summed E-state index contributed by atoms with van der Waals surface area (Å²) in [4.78, 5) is 13.3. The van der Waals surface area contributed by atoms with E-state index >= 15 is 0 Å². The fourth-order valence-electron chi connectivity index (χ4n) is 2.24. The molecule has 0 saturated carbocycles. The van der Waals surface area contributed by atoms with Crippen molar-refractivity contribution in [3.8, 4) is 0 Å². The lowest BCUT2D eigenvalue weighted by Crippen LogP contribution is -2.23. The van der Waals surface area contributed by atoms with Crippen LogP contribution in [0.2, 0.25) is 0 Å². The van der Waals surface area contributed by atoms with Gasteiger partial charge >= 0.3 is 0 Å². The van der Waals surface area contributed by atoms with Crippen molar-refractivity contribution in [1.82, 2.24) is 0 Å².